The second kappa shape index (κ2) is 5.73. The Morgan fingerprint density at radius 1 is 1.42 bits per heavy atom. The van der Waals surface area contributed by atoms with Crippen LogP contribution in [0.5, 0.6) is 0 Å². The highest BCUT2D eigenvalue weighted by Gasteiger charge is 2.32. The molecule has 0 aliphatic carbocycles. The largest absolute Gasteiger partial charge is 0.388 e. The summed E-state index contributed by atoms with van der Waals surface area (Å²) >= 11 is 1.86. The zero-order chi connectivity index (χ0) is 13.1. The van der Waals surface area contributed by atoms with Gasteiger partial charge in [-0.1, -0.05) is 18.2 Å². The molecule has 4 heteroatoms. The van der Waals surface area contributed by atoms with E-state index in [0.29, 0.717) is 12.6 Å². The molecule has 104 valence electrons. The molecule has 2 aliphatic heterocycles. The minimum atomic E-state index is -0.501. The van der Waals surface area contributed by atoms with Gasteiger partial charge in [0.15, 0.2) is 0 Å². The van der Waals surface area contributed by atoms with Gasteiger partial charge < -0.3 is 15.7 Å². The third-order valence-electron chi connectivity index (χ3n) is 4.08. The van der Waals surface area contributed by atoms with Crippen LogP contribution in [0.4, 0.5) is 5.69 Å². The Kier molecular flexibility index (Phi) is 4.01. The predicted molar refractivity (Wildman–Crippen MR) is 81.8 cm³/mol. The quantitative estimate of drug-likeness (QED) is 0.794. The van der Waals surface area contributed by atoms with Crippen molar-refractivity contribution in [2.75, 3.05) is 29.9 Å². The average Bonchev–Trinajstić information content (AvgIpc) is 2.75. The van der Waals surface area contributed by atoms with Crippen molar-refractivity contribution in [1.82, 2.24) is 5.32 Å². The molecule has 0 aromatic heterocycles. The van der Waals surface area contributed by atoms with Crippen molar-refractivity contribution in [3.8, 4) is 0 Å². The van der Waals surface area contributed by atoms with Crippen LogP contribution in [0.25, 0.3) is 0 Å². The van der Waals surface area contributed by atoms with E-state index in [4.69, 9.17) is 0 Å². The number of benzene rings is 1. The first-order valence-electron chi connectivity index (χ1n) is 7.13. The zero-order valence-corrected chi connectivity index (χ0v) is 12.0. The van der Waals surface area contributed by atoms with Crippen LogP contribution < -0.4 is 10.6 Å². The van der Waals surface area contributed by atoms with E-state index < -0.39 is 5.60 Å². The van der Waals surface area contributed by atoms with E-state index in [2.05, 4.69) is 34.9 Å². The molecule has 3 rings (SSSR count). The number of hydrogen-bond acceptors (Lipinski definition) is 4. The molecule has 2 atom stereocenters. The van der Waals surface area contributed by atoms with Crippen LogP contribution in [0.2, 0.25) is 0 Å². The standard InChI is InChI=1S/C15H22N2OS/c18-15(7-9-19-11-15)10-17-14-6-3-8-16-13-5-2-1-4-12(13)14/h1-2,4-5,14,16-18H,3,6-11H2. The van der Waals surface area contributed by atoms with Crippen molar-refractivity contribution in [1.29, 1.82) is 0 Å². The minimum Gasteiger partial charge on any atom is -0.388 e. The van der Waals surface area contributed by atoms with E-state index in [-0.39, 0.29) is 0 Å². The Balaban J connectivity index is 1.70. The van der Waals surface area contributed by atoms with E-state index in [1.165, 1.54) is 17.7 Å². The van der Waals surface area contributed by atoms with Crippen LogP contribution in [0, 0.1) is 0 Å². The Hall–Kier alpha value is -0.710. The van der Waals surface area contributed by atoms with Gasteiger partial charge in [0.25, 0.3) is 0 Å². The Labute approximate surface area is 119 Å². The lowest BCUT2D eigenvalue weighted by molar-refractivity contribution is 0.0642. The van der Waals surface area contributed by atoms with Crippen molar-refractivity contribution in [2.24, 2.45) is 0 Å². The topological polar surface area (TPSA) is 44.3 Å². The third kappa shape index (κ3) is 3.07. The van der Waals surface area contributed by atoms with E-state index >= 15 is 0 Å². The first-order chi connectivity index (χ1) is 9.27. The van der Waals surface area contributed by atoms with Gasteiger partial charge in [0.05, 0.1) is 5.60 Å². The summed E-state index contributed by atoms with van der Waals surface area (Å²) in [5.41, 5.74) is 2.08. The summed E-state index contributed by atoms with van der Waals surface area (Å²) in [5, 5.41) is 17.5. The molecule has 1 saturated heterocycles. The summed E-state index contributed by atoms with van der Waals surface area (Å²) in [5.74, 6) is 1.95. The minimum absolute atomic E-state index is 0.362. The Morgan fingerprint density at radius 2 is 2.32 bits per heavy atom. The van der Waals surface area contributed by atoms with Gasteiger partial charge in [0.2, 0.25) is 0 Å². The van der Waals surface area contributed by atoms with Crippen LogP contribution in [0.15, 0.2) is 24.3 Å². The Bertz CT molecular complexity index is 432. The fourth-order valence-corrected chi connectivity index (χ4v) is 4.20. The SMILES string of the molecule is OC1(CNC2CCCNc3ccccc32)CCSC1. The summed E-state index contributed by atoms with van der Waals surface area (Å²) in [7, 11) is 0. The number of nitrogens with one attached hydrogen (secondary N) is 2. The van der Waals surface area contributed by atoms with Gasteiger partial charge in [-0.05, 0) is 36.6 Å². The maximum absolute atomic E-state index is 10.4. The predicted octanol–water partition coefficient (Wildman–Crippen LogP) is 2.39. The van der Waals surface area contributed by atoms with Gasteiger partial charge >= 0.3 is 0 Å². The molecule has 3 N–H and O–H groups in total. The Morgan fingerprint density at radius 3 is 3.16 bits per heavy atom. The molecule has 2 heterocycles. The van der Waals surface area contributed by atoms with E-state index in [0.717, 1.165) is 30.9 Å². The van der Waals surface area contributed by atoms with Gasteiger partial charge in [-0.15, -0.1) is 0 Å². The summed E-state index contributed by atoms with van der Waals surface area (Å²) in [6, 6.07) is 8.88. The smallest absolute Gasteiger partial charge is 0.0869 e. The summed E-state index contributed by atoms with van der Waals surface area (Å²) in [6.45, 7) is 1.74. The molecule has 2 aliphatic rings. The van der Waals surface area contributed by atoms with Crippen LogP contribution in [0.3, 0.4) is 0 Å². The fourth-order valence-electron chi connectivity index (χ4n) is 2.91. The highest BCUT2D eigenvalue weighted by molar-refractivity contribution is 7.99. The molecule has 0 bridgehead atoms. The molecule has 3 nitrogen and oxygen atoms in total. The van der Waals surface area contributed by atoms with E-state index in [9.17, 15) is 5.11 Å². The van der Waals surface area contributed by atoms with Gasteiger partial charge in [-0.2, -0.15) is 11.8 Å². The summed E-state index contributed by atoms with van der Waals surface area (Å²) in [4.78, 5) is 0. The summed E-state index contributed by atoms with van der Waals surface area (Å²) in [6.07, 6.45) is 3.21. The van der Waals surface area contributed by atoms with Crippen molar-refractivity contribution < 1.29 is 5.11 Å². The molecule has 0 amide bonds. The molecule has 0 spiro atoms. The number of rotatable bonds is 3. The monoisotopic (exact) mass is 278 g/mol. The van der Waals surface area contributed by atoms with Crippen molar-refractivity contribution in [3.63, 3.8) is 0 Å². The second-order valence-electron chi connectivity index (χ2n) is 5.62. The fraction of sp³-hybridized carbons (Fsp3) is 0.600. The lowest BCUT2D eigenvalue weighted by Crippen LogP contribution is -2.41. The van der Waals surface area contributed by atoms with E-state index in [1.807, 2.05) is 11.8 Å². The highest BCUT2D eigenvalue weighted by Crippen LogP contribution is 2.31. The van der Waals surface area contributed by atoms with E-state index in [1.54, 1.807) is 0 Å². The maximum Gasteiger partial charge on any atom is 0.0869 e. The zero-order valence-electron chi connectivity index (χ0n) is 11.2. The number of anilines is 1. The molecule has 2 unspecified atom stereocenters. The van der Waals surface area contributed by atoms with Crippen molar-refractivity contribution in [3.05, 3.63) is 29.8 Å². The van der Waals surface area contributed by atoms with Crippen LogP contribution in [-0.2, 0) is 0 Å². The van der Waals surface area contributed by atoms with Crippen LogP contribution in [-0.4, -0.2) is 35.3 Å². The molecular formula is C15H22N2OS. The molecule has 0 saturated carbocycles. The van der Waals surface area contributed by atoms with Crippen molar-refractivity contribution in [2.45, 2.75) is 30.9 Å². The number of fused-ring (bicyclic) bond motifs is 1. The van der Waals surface area contributed by atoms with Gasteiger partial charge in [-0.3, -0.25) is 0 Å². The first kappa shape index (κ1) is 13.3. The lowest BCUT2D eigenvalue weighted by Gasteiger charge is -2.26. The average molecular weight is 278 g/mol. The molecule has 1 aromatic carbocycles. The van der Waals surface area contributed by atoms with Gasteiger partial charge in [-0.25, -0.2) is 0 Å². The molecule has 0 radical (unpaired) electrons. The van der Waals surface area contributed by atoms with Crippen LogP contribution >= 0.6 is 11.8 Å². The second-order valence-corrected chi connectivity index (χ2v) is 6.72. The number of thioether (sulfide) groups is 1. The highest BCUT2D eigenvalue weighted by atomic mass is 32.2. The summed E-state index contributed by atoms with van der Waals surface area (Å²) < 4.78 is 0. The third-order valence-corrected chi connectivity index (χ3v) is 5.32. The molecular weight excluding hydrogens is 256 g/mol. The van der Waals surface area contributed by atoms with Gasteiger partial charge in [0.1, 0.15) is 0 Å². The number of aliphatic hydroxyl groups is 1. The molecule has 19 heavy (non-hydrogen) atoms. The molecule has 1 fully saturated rings. The lowest BCUT2D eigenvalue weighted by atomic mass is 9.99. The number of para-hydroxylation sites is 1. The van der Waals surface area contributed by atoms with Gasteiger partial charge in [0, 0.05) is 30.6 Å². The van der Waals surface area contributed by atoms with Crippen molar-refractivity contribution >= 4 is 17.4 Å². The van der Waals surface area contributed by atoms with Crippen LogP contribution in [0.1, 0.15) is 30.9 Å². The molecule has 1 aromatic rings. The normalized spacial score (nSPS) is 30.5. The first-order valence-corrected chi connectivity index (χ1v) is 8.29. The maximum atomic E-state index is 10.4. The number of hydrogen-bond donors (Lipinski definition) is 3.